The SMILES string of the molecule is C#Cc1c(F)ccc2cc(O)cc(-c3ncc4c(N5CC6CCC(C5)N6C(=O)C5CC5)nc(OCC5(CN6CCC(F)CC6)CC5)nc4c3F)c12. The highest BCUT2D eigenvalue weighted by Gasteiger charge is 2.48. The number of rotatable bonds is 8. The molecule has 12 heteroatoms. The Morgan fingerprint density at radius 3 is 2.47 bits per heavy atom. The third kappa shape index (κ3) is 5.79. The number of aromatic hydroxyl groups is 1. The Hall–Kier alpha value is -4.63. The van der Waals surface area contributed by atoms with Gasteiger partial charge in [-0.05, 0) is 75.0 Å². The van der Waals surface area contributed by atoms with Gasteiger partial charge in [0.25, 0.3) is 0 Å². The molecule has 4 aromatic rings. The van der Waals surface area contributed by atoms with Crippen LogP contribution in [0.25, 0.3) is 32.9 Å². The molecule has 2 atom stereocenters. The number of benzene rings is 2. The number of aromatic nitrogens is 3. The van der Waals surface area contributed by atoms with Gasteiger partial charge in [-0.3, -0.25) is 9.78 Å². The van der Waals surface area contributed by atoms with Gasteiger partial charge in [0, 0.05) is 73.3 Å². The van der Waals surface area contributed by atoms with Gasteiger partial charge in [0.1, 0.15) is 34.8 Å². The van der Waals surface area contributed by atoms with E-state index in [-0.39, 0.29) is 68.8 Å². The zero-order chi connectivity index (χ0) is 35.0. The highest BCUT2D eigenvalue weighted by Crippen LogP contribution is 2.47. The average Bonchev–Trinajstić information content (AvgIpc) is 4.07. The summed E-state index contributed by atoms with van der Waals surface area (Å²) in [7, 11) is 0. The molecular weight excluding hydrogens is 657 g/mol. The number of pyridine rings is 1. The van der Waals surface area contributed by atoms with E-state index < -0.39 is 17.8 Å². The maximum Gasteiger partial charge on any atom is 0.319 e. The number of piperidine rings is 1. The Morgan fingerprint density at radius 1 is 1.04 bits per heavy atom. The second-order valence-corrected chi connectivity index (χ2v) is 15.2. The van der Waals surface area contributed by atoms with Crippen LogP contribution in [0.2, 0.25) is 0 Å². The van der Waals surface area contributed by atoms with Gasteiger partial charge in [0.15, 0.2) is 5.82 Å². The monoisotopic (exact) mass is 696 g/mol. The summed E-state index contributed by atoms with van der Waals surface area (Å²) in [6.45, 7) is 3.65. The first-order chi connectivity index (χ1) is 24.7. The number of carbonyl (C=O) groups excluding carboxylic acids is 1. The van der Waals surface area contributed by atoms with Crippen LogP contribution in [0.1, 0.15) is 56.9 Å². The number of hydrogen-bond acceptors (Lipinski definition) is 8. The molecule has 3 aliphatic heterocycles. The summed E-state index contributed by atoms with van der Waals surface area (Å²) >= 11 is 0. The summed E-state index contributed by atoms with van der Waals surface area (Å²) in [5.74, 6) is 1.66. The van der Waals surface area contributed by atoms with Gasteiger partial charge in [-0.25, -0.2) is 13.2 Å². The van der Waals surface area contributed by atoms with Crippen LogP contribution in [-0.2, 0) is 4.79 Å². The number of nitrogens with zero attached hydrogens (tertiary/aromatic N) is 6. The molecule has 2 aliphatic carbocycles. The van der Waals surface area contributed by atoms with E-state index in [1.165, 1.54) is 30.5 Å². The van der Waals surface area contributed by atoms with Crippen LogP contribution in [0.3, 0.4) is 0 Å². The lowest BCUT2D eigenvalue weighted by molar-refractivity contribution is -0.135. The van der Waals surface area contributed by atoms with Crippen molar-refractivity contribution in [2.24, 2.45) is 11.3 Å². The highest BCUT2D eigenvalue weighted by molar-refractivity contribution is 6.03. The zero-order valence-corrected chi connectivity index (χ0v) is 28.3. The molecule has 1 amide bonds. The Balaban J connectivity index is 1.11. The van der Waals surface area contributed by atoms with Gasteiger partial charge in [-0.15, -0.1) is 6.42 Å². The number of hydrogen-bond donors (Lipinski definition) is 1. The lowest BCUT2D eigenvalue weighted by atomic mass is 9.96. The fourth-order valence-corrected chi connectivity index (χ4v) is 8.52. The molecule has 5 aliphatic rings. The van der Waals surface area contributed by atoms with Crippen molar-refractivity contribution in [3.05, 3.63) is 47.7 Å². The molecule has 1 N–H and O–H groups in total. The highest BCUT2D eigenvalue weighted by atomic mass is 19.1. The van der Waals surface area contributed by atoms with Crippen molar-refractivity contribution in [1.29, 1.82) is 0 Å². The van der Waals surface area contributed by atoms with Crippen LogP contribution < -0.4 is 9.64 Å². The van der Waals surface area contributed by atoms with Crippen molar-refractivity contribution in [1.82, 2.24) is 24.8 Å². The van der Waals surface area contributed by atoms with E-state index in [1.54, 1.807) is 0 Å². The van der Waals surface area contributed by atoms with Crippen LogP contribution in [0.5, 0.6) is 11.8 Å². The number of ether oxygens (including phenoxy) is 1. The van der Waals surface area contributed by atoms with Crippen molar-refractivity contribution in [2.75, 3.05) is 44.2 Å². The summed E-state index contributed by atoms with van der Waals surface area (Å²) in [5, 5.41) is 11.7. The first-order valence-corrected chi connectivity index (χ1v) is 18.0. The topological polar surface area (TPSA) is 94.9 Å². The summed E-state index contributed by atoms with van der Waals surface area (Å²) in [6.07, 6.45) is 13.2. The summed E-state index contributed by atoms with van der Waals surface area (Å²) < 4.78 is 52.0. The summed E-state index contributed by atoms with van der Waals surface area (Å²) in [4.78, 5) is 33.7. The molecule has 3 saturated heterocycles. The predicted octanol–water partition coefficient (Wildman–Crippen LogP) is 5.99. The number of piperazine rings is 1. The van der Waals surface area contributed by atoms with E-state index in [9.17, 15) is 18.7 Å². The average molecular weight is 697 g/mol. The number of terminal acetylenes is 1. The minimum absolute atomic E-state index is 0.0196. The van der Waals surface area contributed by atoms with Crippen LogP contribution in [0.15, 0.2) is 30.5 Å². The number of amides is 1. The van der Waals surface area contributed by atoms with Crippen LogP contribution in [0.4, 0.5) is 19.0 Å². The van der Waals surface area contributed by atoms with E-state index in [0.717, 1.165) is 45.1 Å². The maximum atomic E-state index is 17.0. The molecule has 2 aromatic carbocycles. The van der Waals surface area contributed by atoms with Crippen molar-refractivity contribution < 1.29 is 27.8 Å². The fourth-order valence-electron chi connectivity index (χ4n) is 8.52. The number of halogens is 3. The molecule has 51 heavy (non-hydrogen) atoms. The van der Waals surface area contributed by atoms with Crippen molar-refractivity contribution in [3.8, 4) is 35.4 Å². The number of phenols is 1. The first-order valence-electron chi connectivity index (χ1n) is 18.0. The Kier molecular flexibility index (Phi) is 7.76. The molecule has 0 radical (unpaired) electrons. The van der Waals surface area contributed by atoms with Crippen molar-refractivity contribution in [3.63, 3.8) is 0 Å². The molecule has 9 rings (SSSR count). The Bertz CT molecular complexity index is 2090. The lowest BCUT2D eigenvalue weighted by Gasteiger charge is -2.42. The van der Waals surface area contributed by atoms with E-state index in [4.69, 9.17) is 16.1 Å². The molecule has 2 bridgehead atoms. The number of fused-ring (bicyclic) bond motifs is 4. The van der Waals surface area contributed by atoms with E-state index in [0.29, 0.717) is 62.2 Å². The number of likely N-dealkylation sites (tertiary alicyclic amines) is 1. The molecule has 2 saturated carbocycles. The number of carbonyl (C=O) groups is 1. The smallest absolute Gasteiger partial charge is 0.319 e. The third-order valence-electron chi connectivity index (χ3n) is 11.6. The van der Waals surface area contributed by atoms with Crippen LogP contribution in [-0.4, -0.2) is 93.4 Å². The molecule has 0 spiro atoms. The molecular formula is C39H39F3N6O3. The number of anilines is 1. The van der Waals surface area contributed by atoms with E-state index >= 15 is 4.39 Å². The number of alkyl halides is 1. The minimum Gasteiger partial charge on any atom is -0.508 e. The second kappa shape index (κ2) is 12.3. The van der Waals surface area contributed by atoms with E-state index in [2.05, 4.69) is 30.6 Å². The molecule has 5 heterocycles. The lowest BCUT2D eigenvalue weighted by Crippen LogP contribution is -2.56. The van der Waals surface area contributed by atoms with Gasteiger partial charge in [0.05, 0.1) is 17.6 Å². The maximum absolute atomic E-state index is 17.0. The normalized spacial score (nSPS) is 23.2. The zero-order valence-electron chi connectivity index (χ0n) is 28.3. The number of phenolic OH excluding ortho intramolecular Hbond substituents is 1. The first kappa shape index (κ1) is 32.3. The molecule has 2 aromatic heterocycles. The van der Waals surface area contributed by atoms with Gasteiger partial charge in [-0.1, -0.05) is 12.0 Å². The van der Waals surface area contributed by atoms with Gasteiger partial charge < -0.3 is 24.5 Å². The minimum atomic E-state index is -0.777. The molecule has 2 unspecified atom stereocenters. The fraction of sp³-hybridized carbons (Fsp3) is 0.487. The van der Waals surface area contributed by atoms with Gasteiger partial charge in [-0.2, -0.15) is 9.97 Å². The second-order valence-electron chi connectivity index (χ2n) is 15.2. The van der Waals surface area contributed by atoms with E-state index in [1.807, 2.05) is 0 Å². The molecule has 264 valence electrons. The summed E-state index contributed by atoms with van der Waals surface area (Å²) in [6, 6.07) is 5.56. The van der Waals surface area contributed by atoms with Crippen LogP contribution >= 0.6 is 0 Å². The summed E-state index contributed by atoms with van der Waals surface area (Å²) in [5.41, 5.74) is -0.188. The van der Waals surface area contributed by atoms with Crippen molar-refractivity contribution >= 4 is 33.4 Å². The standard InChI is InChI=1S/C39H39F3N6O3/c1-2-28-31(41)8-5-23-15-27(49)16-29(32(23)28)34-33(42)35-30(17-43-34)36(47-18-25-6-7-26(19-47)48(25)37(50)22-3-4-22)45-38(44-35)51-21-39(11-12-39)20-46-13-9-24(40)10-14-46/h1,5,8,15-17,22,24-26,49H,3-4,6-7,9-14,18-21H2. The predicted molar refractivity (Wildman–Crippen MR) is 186 cm³/mol. The van der Waals surface area contributed by atoms with Crippen LogP contribution in [0, 0.1) is 35.3 Å². The van der Waals surface area contributed by atoms with Crippen molar-refractivity contribution in [2.45, 2.75) is 69.6 Å². The van der Waals surface area contributed by atoms with Gasteiger partial charge in [0.2, 0.25) is 5.91 Å². The third-order valence-corrected chi connectivity index (χ3v) is 11.6. The van der Waals surface area contributed by atoms with Gasteiger partial charge >= 0.3 is 6.01 Å². The molecule has 5 fully saturated rings. The Labute approximate surface area is 293 Å². The molecule has 9 nitrogen and oxygen atoms in total. The quantitative estimate of drug-likeness (QED) is 0.225. The largest absolute Gasteiger partial charge is 0.508 e. The Morgan fingerprint density at radius 2 is 1.78 bits per heavy atom.